The molecule has 0 aromatic heterocycles. The molecule has 2 heterocycles. The van der Waals surface area contributed by atoms with Crippen molar-refractivity contribution in [2.75, 3.05) is 13.1 Å². The molecule has 0 atom stereocenters. The average molecular weight is 289 g/mol. The fourth-order valence-corrected chi connectivity index (χ4v) is 2.97. The van der Waals surface area contributed by atoms with E-state index in [0.29, 0.717) is 24.2 Å². The number of carbonyl (C=O) groups excluding carboxylic acids is 1. The summed E-state index contributed by atoms with van der Waals surface area (Å²) >= 11 is 0. The van der Waals surface area contributed by atoms with Gasteiger partial charge in [0.2, 0.25) is 0 Å². The number of piperidine rings is 1. The van der Waals surface area contributed by atoms with Crippen molar-refractivity contribution in [3.8, 4) is 5.75 Å². The van der Waals surface area contributed by atoms with E-state index in [0.717, 1.165) is 6.26 Å². The lowest BCUT2D eigenvalue weighted by molar-refractivity contribution is 0.0236. The van der Waals surface area contributed by atoms with Crippen LogP contribution in [-0.4, -0.2) is 45.7 Å². The van der Waals surface area contributed by atoms with Gasteiger partial charge in [-0.05, 0) is 12.1 Å². The first-order valence-corrected chi connectivity index (χ1v) is 6.73. The van der Waals surface area contributed by atoms with Crippen LogP contribution in [0.1, 0.15) is 23.2 Å². The van der Waals surface area contributed by atoms with Crippen LogP contribution in [-0.2, 0) is 0 Å². The van der Waals surface area contributed by atoms with Gasteiger partial charge in [-0.2, -0.15) is 0 Å². The maximum atomic E-state index is 12.5. The van der Waals surface area contributed by atoms with E-state index in [2.05, 4.69) is 0 Å². The molecular formula is C15H15NO5. The highest BCUT2D eigenvalue weighted by molar-refractivity contribution is 6.12. The lowest BCUT2D eigenvalue weighted by atomic mass is 9.78. The number of ether oxygens (including phenoxy) is 1. The summed E-state index contributed by atoms with van der Waals surface area (Å²) in [7, 11) is 0. The maximum Gasteiger partial charge on any atom is 0.407 e. The number of aliphatic hydroxyl groups is 1. The third-order valence-corrected chi connectivity index (χ3v) is 4.14. The van der Waals surface area contributed by atoms with Crippen LogP contribution in [0.3, 0.4) is 0 Å². The van der Waals surface area contributed by atoms with Crippen LogP contribution >= 0.6 is 0 Å². The first-order chi connectivity index (χ1) is 10.1. The summed E-state index contributed by atoms with van der Waals surface area (Å²) in [6, 6.07) is 6.88. The van der Waals surface area contributed by atoms with Gasteiger partial charge in [0.15, 0.2) is 5.78 Å². The molecule has 6 heteroatoms. The number of Topliss-reactive ketones (excluding diaryl/α,β-unsaturated/α-hetero) is 1. The van der Waals surface area contributed by atoms with Crippen molar-refractivity contribution in [2.24, 2.45) is 0 Å². The van der Waals surface area contributed by atoms with Crippen LogP contribution in [0.2, 0.25) is 0 Å². The fraction of sp³-hybridized carbons (Fsp3) is 0.333. The van der Waals surface area contributed by atoms with Gasteiger partial charge < -0.3 is 19.8 Å². The van der Waals surface area contributed by atoms with Gasteiger partial charge in [-0.25, -0.2) is 4.79 Å². The second kappa shape index (κ2) is 4.80. The predicted molar refractivity (Wildman–Crippen MR) is 73.7 cm³/mol. The highest BCUT2D eigenvalue weighted by Gasteiger charge is 2.48. The molecule has 0 unspecified atom stereocenters. The highest BCUT2D eigenvalue weighted by Crippen LogP contribution is 2.42. The zero-order valence-electron chi connectivity index (χ0n) is 11.3. The molecule has 0 radical (unpaired) electrons. The molecule has 2 aliphatic rings. The first kappa shape index (κ1) is 13.5. The second-order valence-electron chi connectivity index (χ2n) is 5.23. The van der Waals surface area contributed by atoms with Gasteiger partial charge in [-0.3, -0.25) is 4.79 Å². The zero-order valence-corrected chi connectivity index (χ0v) is 11.3. The van der Waals surface area contributed by atoms with Crippen LogP contribution < -0.4 is 4.74 Å². The average Bonchev–Trinajstić information content (AvgIpc) is 2.48. The number of rotatable bonds is 0. The van der Waals surface area contributed by atoms with E-state index >= 15 is 0 Å². The van der Waals surface area contributed by atoms with Gasteiger partial charge in [0, 0.05) is 25.9 Å². The van der Waals surface area contributed by atoms with Crippen LogP contribution in [0.4, 0.5) is 4.79 Å². The van der Waals surface area contributed by atoms with Crippen molar-refractivity contribution >= 4 is 11.9 Å². The molecule has 1 aromatic carbocycles. The molecule has 0 bridgehead atoms. The van der Waals surface area contributed by atoms with Crippen LogP contribution in [0, 0.1) is 0 Å². The molecular weight excluding hydrogens is 274 g/mol. The Morgan fingerprint density at radius 1 is 1.29 bits per heavy atom. The number of para-hydroxylation sites is 1. The molecule has 21 heavy (non-hydrogen) atoms. The number of benzene rings is 1. The first-order valence-electron chi connectivity index (χ1n) is 6.73. The molecule has 1 saturated heterocycles. The van der Waals surface area contributed by atoms with Crippen LogP contribution in [0.15, 0.2) is 36.1 Å². The Hall–Kier alpha value is -2.50. The Bertz CT molecular complexity index is 629. The van der Waals surface area contributed by atoms with Gasteiger partial charge in [0.05, 0.1) is 17.4 Å². The zero-order chi connectivity index (χ0) is 15.0. The Morgan fingerprint density at radius 3 is 2.57 bits per heavy atom. The van der Waals surface area contributed by atoms with Crippen LogP contribution in [0.25, 0.3) is 0 Å². The van der Waals surface area contributed by atoms with Crippen molar-refractivity contribution in [2.45, 2.75) is 18.4 Å². The molecule has 2 N–H and O–H groups in total. The Morgan fingerprint density at radius 2 is 1.95 bits per heavy atom. The second-order valence-corrected chi connectivity index (χ2v) is 5.23. The molecule has 1 spiro atoms. The summed E-state index contributed by atoms with van der Waals surface area (Å²) in [5.74, 6) is 0.222. The Kier molecular flexibility index (Phi) is 3.08. The molecule has 1 amide bonds. The van der Waals surface area contributed by atoms with Gasteiger partial charge in [0.25, 0.3) is 0 Å². The molecule has 1 aromatic rings. The lowest BCUT2D eigenvalue weighted by Crippen LogP contribution is -2.53. The van der Waals surface area contributed by atoms with Gasteiger partial charge in [-0.15, -0.1) is 0 Å². The summed E-state index contributed by atoms with van der Waals surface area (Å²) in [6.07, 6.45) is 0.494. The summed E-state index contributed by atoms with van der Waals surface area (Å²) in [5, 5.41) is 18.5. The van der Waals surface area contributed by atoms with Gasteiger partial charge >= 0.3 is 6.09 Å². The van der Waals surface area contributed by atoms with E-state index in [4.69, 9.17) is 9.84 Å². The van der Waals surface area contributed by atoms with Gasteiger partial charge in [-0.1, -0.05) is 12.1 Å². The number of nitrogens with zero attached hydrogens (tertiary/aromatic N) is 1. The number of fused-ring (bicyclic) bond motifs is 1. The maximum absolute atomic E-state index is 12.5. The molecule has 6 nitrogen and oxygen atoms in total. The molecule has 1 fully saturated rings. The minimum atomic E-state index is -0.984. The van der Waals surface area contributed by atoms with Crippen molar-refractivity contribution in [1.82, 2.24) is 4.90 Å². The van der Waals surface area contributed by atoms with Crippen molar-refractivity contribution in [3.63, 3.8) is 0 Å². The molecule has 0 aliphatic carbocycles. The third kappa shape index (κ3) is 2.03. The van der Waals surface area contributed by atoms with E-state index in [1.807, 2.05) is 0 Å². The van der Waals surface area contributed by atoms with Crippen molar-refractivity contribution < 1.29 is 24.5 Å². The minimum Gasteiger partial charge on any atom is -0.515 e. The number of ketones is 1. The van der Waals surface area contributed by atoms with Crippen LogP contribution in [0.5, 0.6) is 5.75 Å². The quantitative estimate of drug-likeness (QED) is 0.565. The summed E-state index contributed by atoms with van der Waals surface area (Å²) < 4.78 is 5.99. The topological polar surface area (TPSA) is 87.1 Å². The molecule has 3 rings (SSSR count). The molecule has 110 valence electrons. The fourth-order valence-electron chi connectivity index (χ4n) is 2.97. The number of carbonyl (C=O) groups is 2. The summed E-state index contributed by atoms with van der Waals surface area (Å²) in [6.45, 7) is 0.532. The monoisotopic (exact) mass is 289 g/mol. The number of carboxylic acid groups (broad SMARTS) is 1. The largest absolute Gasteiger partial charge is 0.515 e. The number of amides is 1. The Labute approximate surface area is 121 Å². The minimum absolute atomic E-state index is 0.200. The Balaban J connectivity index is 1.97. The molecule has 2 aliphatic heterocycles. The normalized spacial score (nSPS) is 22.0. The van der Waals surface area contributed by atoms with E-state index in [1.54, 1.807) is 24.3 Å². The van der Waals surface area contributed by atoms with Gasteiger partial charge in [0.1, 0.15) is 11.4 Å². The van der Waals surface area contributed by atoms with E-state index in [9.17, 15) is 14.7 Å². The standard InChI is InChI=1S/C15H15NO5/c17-9-11-13(18)10-3-1-2-4-12(10)21-15(11)5-7-16(8-6-15)14(19)20/h1-4,9,17H,5-8H2,(H,19,20). The smallest absolute Gasteiger partial charge is 0.407 e. The van der Waals surface area contributed by atoms with E-state index in [1.165, 1.54) is 4.90 Å². The summed E-state index contributed by atoms with van der Waals surface area (Å²) in [4.78, 5) is 24.8. The summed E-state index contributed by atoms with van der Waals surface area (Å²) in [5.41, 5.74) is -0.318. The number of aliphatic hydroxyl groups excluding tert-OH is 1. The van der Waals surface area contributed by atoms with E-state index in [-0.39, 0.29) is 24.4 Å². The predicted octanol–water partition coefficient (Wildman–Crippen LogP) is 2.22. The van der Waals surface area contributed by atoms with Crippen molar-refractivity contribution in [1.29, 1.82) is 0 Å². The number of likely N-dealkylation sites (tertiary alicyclic amines) is 1. The highest BCUT2D eigenvalue weighted by atomic mass is 16.5. The van der Waals surface area contributed by atoms with Crippen molar-refractivity contribution in [3.05, 3.63) is 41.7 Å². The SMILES string of the molecule is O=C1C(=CO)C2(CCN(C(=O)O)CC2)Oc2ccccc21. The molecule has 0 saturated carbocycles. The number of hydrogen-bond acceptors (Lipinski definition) is 4. The van der Waals surface area contributed by atoms with E-state index < -0.39 is 11.7 Å². The lowest BCUT2D eigenvalue weighted by Gasteiger charge is -2.44. The third-order valence-electron chi connectivity index (χ3n) is 4.14. The number of hydrogen-bond donors (Lipinski definition) is 2.